The number of aromatic nitrogens is 3. The zero-order valence-electron chi connectivity index (χ0n) is 11.8. The predicted molar refractivity (Wildman–Crippen MR) is 88.4 cm³/mol. The number of aromatic amines is 1. The van der Waals surface area contributed by atoms with Crippen molar-refractivity contribution in [2.24, 2.45) is 0 Å². The Labute approximate surface area is 130 Å². The molecule has 0 saturated heterocycles. The highest BCUT2D eigenvalue weighted by atomic mass is 32.1. The number of fused-ring (bicyclic) bond motifs is 2. The third kappa shape index (κ3) is 2.14. The molecule has 6 heteroatoms. The minimum atomic E-state index is -0.233. The van der Waals surface area contributed by atoms with Gasteiger partial charge in [-0.15, -0.1) is 11.3 Å². The number of amides is 1. The summed E-state index contributed by atoms with van der Waals surface area (Å²) in [6.45, 7) is 1.97. The van der Waals surface area contributed by atoms with Gasteiger partial charge in [0.05, 0.1) is 20.7 Å². The fourth-order valence-corrected chi connectivity index (χ4v) is 3.25. The Morgan fingerprint density at radius 1 is 1.23 bits per heavy atom. The number of H-pyrrole nitrogens is 1. The molecule has 2 aromatic heterocycles. The van der Waals surface area contributed by atoms with Crippen molar-refractivity contribution in [3.8, 4) is 0 Å². The van der Waals surface area contributed by atoms with E-state index in [-0.39, 0.29) is 5.91 Å². The van der Waals surface area contributed by atoms with Crippen LogP contribution >= 0.6 is 11.3 Å². The van der Waals surface area contributed by atoms with E-state index in [1.165, 1.54) is 0 Å². The normalized spacial score (nSPS) is 11.1. The Balaban J connectivity index is 1.67. The summed E-state index contributed by atoms with van der Waals surface area (Å²) < 4.78 is 1.11. The molecule has 108 valence electrons. The molecule has 2 heterocycles. The maximum atomic E-state index is 12.4. The van der Waals surface area contributed by atoms with E-state index < -0.39 is 0 Å². The number of aryl methyl sites for hydroxylation is 1. The quantitative estimate of drug-likeness (QED) is 0.592. The standard InChI is InChI=1S/C16H12N4OS/c1-9-17-13-8-10(6-7-14(13)22-9)18-16(21)15-11-4-2-3-5-12(11)19-20-15/h2-8H,1H3,(H,18,21)(H,19,20). The molecule has 5 nitrogen and oxygen atoms in total. The van der Waals surface area contributed by atoms with Crippen molar-refractivity contribution < 1.29 is 4.79 Å². The minimum absolute atomic E-state index is 0.233. The van der Waals surface area contributed by atoms with Crippen molar-refractivity contribution in [2.45, 2.75) is 6.92 Å². The number of thiazole rings is 1. The molecule has 0 atom stereocenters. The van der Waals surface area contributed by atoms with Gasteiger partial charge in [-0.05, 0) is 31.2 Å². The summed E-state index contributed by atoms with van der Waals surface area (Å²) in [7, 11) is 0. The van der Waals surface area contributed by atoms with Crippen LogP contribution in [0.1, 0.15) is 15.5 Å². The lowest BCUT2D eigenvalue weighted by molar-refractivity contribution is 0.102. The topological polar surface area (TPSA) is 70.7 Å². The molecule has 0 radical (unpaired) electrons. The van der Waals surface area contributed by atoms with Gasteiger partial charge >= 0.3 is 0 Å². The number of nitrogens with zero attached hydrogens (tertiary/aromatic N) is 2. The molecular formula is C16H12N4OS. The Morgan fingerprint density at radius 3 is 3.00 bits per heavy atom. The molecule has 0 aliphatic carbocycles. The second kappa shape index (κ2) is 4.92. The lowest BCUT2D eigenvalue weighted by Crippen LogP contribution is -2.12. The first-order valence-electron chi connectivity index (χ1n) is 6.82. The SMILES string of the molecule is Cc1nc2cc(NC(=O)c3n[nH]c4ccccc34)ccc2s1. The van der Waals surface area contributed by atoms with Crippen LogP contribution in [0.25, 0.3) is 21.1 Å². The number of anilines is 1. The van der Waals surface area contributed by atoms with E-state index in [2.05, 4.69) is 20.5 Å². The maximum Gasteiger partial charge on any atom is 0.276 e. The molecule has 0 saturated carbocycles. The highest BCUT2D eigenvalue weighted by molar-refractivity contribution is 7.18. The Kier molecular flexibility index (Phi) is 2.90. The lowest BCUT2D eigenvalue weighted by Gasteiger charge is -2.03. The van der Waals surface area contributed by atoms with E-state index in [1.54, 1.807) is 11.3 Å². The minimum Gasteiger partial charge on any atom is -0.320 e. The molecule has 2 N–H and O–H groups in total. The van der Waals surface area contributed by atoms with Gasteiger partial charge in [0.15, 0.2) is 5.69 Å². The van der Waals surface area contributed by atoms with Crippen LogP contribution in [-0.2, 0) is 0 Å². The molecule has 0 spiro atoms. The molecule has 0 aliphatic rings. The molecular weight excluding hydrogens is 296 g/mol. The molecule has 22 heavy (non-hydrogen) atoms. The van der Waals surface area contributed by atoms with Crippen LogP contribution in [0.15, 0.2) is 42.5 Å². The van der Waals surface area contributed by atoms with E-state index in [0.717, 1.165) is 31.8 Å². The van der Waals surface area contributed by atoms with E-state index in [0.29, 0.717) is 5.69 Å². The van der Waals surface area contributed by atoms with Crippen molar-refractivity contribution in [2.75, 3.05) is 5.32 Å². The second-order valence-electron chi connectivity index (χ2n) is 4.99. The average Bonchev–Trinajstić information content (AvgIpc) is 3.09. The van der Waals surface area contributed by atoms with Crippen LogP contribution in [0, 0.1) is 6.92 Å². The van der Waals surface area contributed by atoms with E-state index in [9.17, 15) is 4.79 Å². The van der Waals surface area contributed by atoms with Crippen LogP contribution in [0.3, 0.4) is 0 Å². The Bertz CT molecular complexity index is 1000. The molecule has 0 unspecified atom stereocenters. The van der Waals surface area contributed by atoms with Crippen molar-refractivity contribution in [3.63, 3.8) is 0 Å². The summed E-state index contributed by atoms with van der Waals surface area (Å²) in [5.74, 6) is -0.233. The molecule has 1 amide bonds. The number of hydrogen-bond acceptors (Lipinski definition) is 4. The van der Waals surface area contributed by atoms with Crippen molar-refractivity contribution in [1.82, 2.24) is 15.2 Å². The highest BCUT2D eigenvalue weighted by Crippen LogP contribution is 2.25. The fourth-order valence-electron chi connectivity index (χ4n) is 2.45. The number of carbonyl (C=O) groups excluding carboxylic acids is 1. The van der Waals surface area contributed by atoms with E-state index >= 15 is 0 Å². The summed E-state index contributed by atoms with van der Waals surface area (Å²) in [6.07, 6.45) is 0. The highest BCUT2D eigenvalue weighted by Gasteiger charge is 2.14. The van der Waals surface area contributed by atoms with Gasteiger partial charge in [-0.25, -0.2) is 4.98 Å². The van der Waals surface area contributed by atoms with Crippen LogP contribution in [0.4, 0.5) is 5.69 Å². The number of benzene rings is 2. The molecule has 4 aromatic rings. The average molecular weight is 308 g/mol. The summed E-state index contributed by atoms with van der Waals surface area (Å²) in [5, 5.41) is 11.7. The van der Waals surface area contributed by atoms with E-state index in [1.807, 2.05) is 49.4 Å². The number of para-hydroxylation sites is 1. The first-order chi connectivity index (χ1) is 10.7. The zero-order chi connectivity index (χ0) is 15.1. The third-order valence-corrected chi connectivity index (χ3v) is 4.39. The van der Waals surface area contributed by atoms with Gasteiger partial charge in [0, 0.05) is 11.1 Å². The summed E-state index contributed by atoms with van der Waals surface area (Å²) in [6, 6.07) is 13.3. The first-order valence-corrected chi connectivity index (χ1v) is 7.64. The molecule has 4 rings (SSSR count). The van der Waals surface area contributed by atoms with Gasteiger partial charge in [0.25, 0.3) is 5.91 Å². The summed E-state index contributed by atoms with van der Waals surface area (Å²) in [4.78, 5) is 16.9. The number of nitrogens with one attached hydrogen (secondary N) is 2. The second-order valence-corrected chi connectivity index (χ2v) is 6.22. The van der Waals surface area contributed by atoms with E-state index in [4.69, 9.17) is 0 Å². The summed E-state index contributed by atoms with van der Waals surface area (Å²) >= 11 is 1.64. The van der Waals surface area contributed by atoms with Crippen LogP contribution in [-0.4, -0.2) is 21.1 Å². The van der Waals surface area contributed by atoms with Crippen molar-refractivity contribution in [1.29, 1.82) is 0 Å². The molecule has 2 aromatic carbocycles. The van der Waals surface area contributed by atoms with Crippen molar-refractivity contribution in [3.05, 3.63) is 53.2 Å². The van der Waals surface area contributed by atoms with Gasteiger partial charge in [-0.3, -0.25) is 9.89 Å². The van der Waals surface area contributed by atoms with Gasteiger partial charge in [0.2, 0.25) is 0 Å². The van der Waals surface area contributed by atoms with Crippen LogP contribution < -0.4 is 5.32 Å². The maximum absolute atomic E-state index is 12.4. The predicted octanol–water partition coefficient (Wildman–Crippen LogP) is 3.73. The van der Waals surface area contributed by atoms with Gasteiger partial charge in [-0.2, -0.15) is 5.10 Å². The van der Waals surface area contributed by atoms with Crippen LogP contribution in [0.2, 0.25) is 0 Å². The Morgan fingerprint density at radius 2 is 2.09 bits per heavy atom. The number of carbonyl (C=O) groups is 1. The van der Waals surface area contributed by atoms with Crippen LogP contribution in [0.5, 0.6) is 0 Å². The van der Waals surface area contributed by atoms with Gasteiger partial charge in [-0.1, -0.05) is 18.2 Å². The number of hydrogen-bond donors (Lipinski definition) is 2. The molecule has 0 aliphatic heterocycles. The molecule has 0 fully saturated rings. The first kappa shape index (κ1) is 13.0. The number of rotatable bonds is 2. The Hall–Kier alpha value is -2.73. The summed E-state index contributed by atoms with van der Waals surface area (Å²) in [5.41, 5.74) is 2.85. The monoisotopic (exact) mass is 308 g/mol. The fraction of sp³-hybridized carbons (Fsp3) is 0.0625. The van der Waals surface area contributed by atoms with Gasteiger partial charge < -0.3 is 5.32 Å². The largest absolute Gasteiger partial charge is 0.320 e. The third-order valence-electron chi connectivity index (χ3n) is 3.44. The molecule has 0 bridgehead atoms. The van der Waals surface area contributed by atoms with Gasteiger partial charge in [0.1, 0.15) is 0 Å². The smallest absolute Gasteiger partial charge is 0.276 e. The zero-order valence-corrected chi connectivity index (χ0v) is 12.6. The lowest BCUT2D eigenvalue weighted by atomic mass is 10.2. The van der Waals surface area contributed by atoms with Crippen molar-refractivity contribution >= 4 is 44.1 Å².